The number of phenolic OH excluding ortho intramolecular Hbond substituents is 1. The lowest BCUT2D eigenvalue weighted by Gasteiger charge is -2.12. The van der Waals surface area contributed by atoms with Gasteiger partial charge in [-0.1, -0.05) is 12.1 Å². The maximum atomic E-state index is 12.3. The Morgan fingerprint density at radius 2 is 1.77 bits per heavy atom. The molecule has 2 heterocycles. The first kappa shape index (κ1) is 18.7. The Morgan fingerprint density at radius 3 is 2.38 bits per heavy atom. The Morgan fingerprint density at radius 1 is 1.12 bits per heavy atom. The van der Waals surface area contributed by atoms with E-state index in [-0.39, 0.29) is 17.9 Å². The van der Waals surface area contributed by atoms with Gasteiger partial charge < -0.3 is 14.4 Å². The van der Waals surface area contributed by atoms with Crippen molar-refractivity contribution in [3.05, 3.63) is 82.3 Å². The van der Waals surface area contributed by atoms with E-state index in [9.17, 15) is 9.90 Å². The zero-order chi connectivity index (χ0) is 18.9. The summed E-state index contributed by atoms with van der Waals surface area (Å²) in [6.07, 6.45) is 11.3. The quantitative estimate of drug-likeness (QED) is 0.716. The molecule has 3 aromatic rings. The van der Waals surface area contributed by atoms with Crippen molar-refractivity contribution >= 4 is 0 Å². The monoisotopic (exact) mass is 349 g/mol. The number of nitrogens with zero attached hydrogens (tertiary/aromatic N) is 3. The van der Waals surface area contributed by atoms with Gasteiger partial charge in [-0.15, -0.1) is 12.8 Å². The van der Waals surface area contributed by atoms with Gasteiger partial charge in [0.15, 0.2) is 5.82 Å². The van der Waals surface area contributed by atoms with Gasteiger partial charge in [-0.3, -0.25) is 4.79 Å². The van der Waals surface area contributed by atoms with Gasteiger partial charge in [0.25, 0.3) is 5.56 Å². The molecule has 0 bridgehead atoms. The van der Waals surface area contributed by atoms with Crippen molar-refractivity contribution in [2.24, 2.45) is 0 Å². The Kier molecular flexibility index (Phi) is 6.52. The number of aromatic hydroxyl groups is 1. The van der Waals surface area contributed by atoms with Crippen LogP contribution in [0.3, 0.4) is 0 Å². The lowest BCUT2D eigenvalue weighted by Crippen LogP contribution is -2.22. The number of ether oxygens (including phenoxy) is 1. The van der Waals surface area contributed by atoms with Gasteiger partial charge in [-0.25, -0.2) is 9.97 Å². The molecule has 0 amide bonds. The van der Waals surface area contributed by atoms with Crippen LogP contribution in [-0.4, -0.2) is 19.6 Å². The van der Waals surface area contributed by atoms with E-state index in [1.54, 1.807) is 47.3 Å². The lowest BCUT2D eigenvalue weighted by molar-refractivity contribution is 0.294. The zero-order valence-electron chi connectivity index (χ0n) is 14.4. The summed E-state index contributed by atoms with van der Waals surface area (Å²) in [7, 11) is 0. The number of aryl methyl sites for hydroxylation is 1. The molecule has 0 unspecified atom stereocenters. The van der Waals surface area contributed by atoms with E-state index in [0.29, 0.717) is 18.1 Å². The third-order valence-electron chi connectivity index (χ3n) is 3.57. The standard InChI is InChI=1S/C18H17N3O3.C2H2/c1-13-9-16(24-12-17-19-7-2-8-20-17)10-18(23)21(13)11-14-3-5-15(22)6-4-14;1-2/h2-10,22H,11-12H2,1H3;1-2H. The average molecular weight is 349 g/mol. The number of pyridine rings is 1. The molecule has 0 aliphatic carbocycles. The van der Waals surface area contributed by atoms with Crippen LogP contribution in [-0.2, 0) is 13.2 Å². The van der Waals surface area contributed by atoms with Crippen molar-refractivity contribution in [3.63, 3.8) is 0 Å². The molecule has 0 radical (unpaired) electrons. The molecule has 26 heavy (non-hydrogen) atoms. The van der Waals surface area contributed by atoms with E-state index in [0.717, 1.165) is 11.3 Å². The predicted molar refractivity (Wildman–Crippen MR) is 98.9 cm³/mol. The Labute approximate surface area is 151 Å². The van der Waals surface area contributed by atoms with E-state index in [1.165, 1.54) is 6.07 Å². The molecule has 2 aromatic heterocycles. The summed E-state index contributed by atoms with van der Waals surface area (Å²) in [5.41, 5.74) is 1.58. The number of terminal acetylenes is 1. The van der Waals surface area contributed by atoms with Crippen LogP contribution >= 0.6 is 0 Å². The van der Waals surface area contributed by atoms with Crippen molar-refractivity contribution in [2.45, 2.75) is 20.1 Å². The number of rotatable bonds is 5. The second kappa shape index (κ2) is 9.04. The first-order valence-electron chi connectivity index (χ1n) is 7.83. The van der Waals surface area contributed by atoms with Gasteiger partial charge in [0, 0.05) is 24.2 Å². The molecule has 6 heteroatoms. The molecular formula is C20H19N3O3. The SMILES string of the molecule is C#C.Cc1cc(OCc2ncccn2)cc(=O)n1Cc1ccc(O)cc1. The highest BCUT2D eigenvalue weighted by Crippen LogP contribution is 2.14. The highest BCUT2D eigenvalue weighted by molar-refractivity contribution is 5.28. The van der Waals surface area contributed by atoms with Crippen LogP contribution in [0, 0.1) is 19.8 Å². The maximum absolute atomic E-state index is 12.3. The summed E-state index contributed by atoms with van der Waals surface area (Å²) in [6.45, 7) is 2.50. The smallest absolute Gasteiger partial charge is 0.254 e. The molecule has 3 rings (SSSR count). The van der Waals surface area contributed by atoms with Crippen molar-refractivity contribution in [3.8, 4) is 24.3 Å². The number of hydrogen-bond acceptors (Lipinski definition) is 5. The molecule has 6 nitrogen and oxygen atoms in total. The molecule has 1 aromatic carbocycles. The zero-order valence-corrected chi connectivity index (χ0v) is 14.4. The van der Waals surface area contributed by atoms with Crippen LogP contribution in [0.25, 0.3) is 0 Å². The molecular weight excluding hydrogens is 330 g/mol. The minimum absolute atomic E-state index is 0.146. The highest BCUT2D eigenvalue weighted by Gasteiger charge is 2.06. The summed E-state index contributed by atoms with van der Waals surface area (Å²) in [6, 6.07) is 11.8. The molecule has 0 saturated heterocycles. The summed E-state index contributed by atoms with van der Waals surface area (Å²) in [5.74, 6) is 1.25. The predicted octanol–water partition coefficient (Wildman–Crippen LogP) is 2.53. The van der Waals surface area contributed by atoms with Gasteiger partial charge in [-0.2, -0.15) is 0 Å². The second-order valence-corrected chi connectivity index (χ2v) is 5.38. The van der Waals surface area contributed by atoms with Crippen LogP contribution in [0.15, 0.2) is 59.7 Å². The van der Waals surface area contributed by atoms with Crippen LogP contribution in [0.4, 0.5) is 0 Å². The highest BCUT2D eigenvalue weighted by atomic mass is 16.5. The summed E-state index contributed by atoms with van der Waals surface area (Å²) in [5, 5.41) is 9.33. The fraction of sp³-hybridized carbons (Fsp3) is 0.150. The number of aromatic nitrogens is 3. The first-order chi connectivity index (χ1) is 12.6. The molecule has 1 N–H and O–H groups in total. The molecule has 0 atom stereocenters. The summed E-state index contributed by atoms with van der Waals surface area (Å²) >= 11 is 0. The minimum atomic E-state index is -0.146. The Bertz CT molecular complexity index is 917. The summed E-state index contributed by atoms with van der Waals surface area (Å²) in [4.78, 5) is 20.5. The molecule has 0 spiro atoms. The third-order valence-corrected chi connectivity index (χ3v) is 3.57. The molecule has 0 saturated carbocycles. The topological polar surface area (TPSA) is 77.2 Å². The number of benzene rings is 1. The summed E-state index contributed by atoms with van der Waals surface area (Å²) < 4.78 is 7.25. The molecule has 0 aliphatic rings. The normalized spacial score (nSPS) is 9.81. The van der Waals surface area contributed by atoms with Crippen LogP contribution < -0.4 is 10.3 Å². The molecule has 0 aliphatic heterocycles. The average Bonchev–Trinajstić information content (AvgIpc) is 2.67. The Hall–Kier alpha value is -3.59. The number of phenols is 1. The van der Waals surface area contributed by atoms with Gasteiger partial charge in [-0.05, 0) is 36.8 Å². The fourth-order valence-electron chi connectivity index (χ4n) is 2.32. The van der Waals surface area contributed by atoms with Gasteiger partial charge in [0.1, 0.15) is 18.1 Å². The number of hydrogen-bond donors (Lipinski definition) is 1. The van der Waals surface area contributed by atoms with E-state index in [2.05, 4.69) is 22.8 Å². The van der Waals surface area contributed by atoms with Crippen LogP contribution in [0.2, 0.25) is 0 Å². The van der Waals surface area contributed by atoms with Gasteiger partial charge in [0.2, 0.25) is 0 Å². The fourth-order valence-corrected chi connectivity index (χ4v) is 2.32. The van der Waals surface area contributed by atoms with Gasteiger partial charge in [0.05, 0.1) is 6.54 Å². The first-order valence-corrected chi connectivity index (χ1v) is 7.83. The third kappa shape index (κ3) is 4.95. The van der Waals surface area contributed by atoms with E-state index in [4.69, 9.17) is 4.74 Å². The van der Waals surface area contributed by atoms with Crippen molar-refractivity contribution < 1.29 is 9.84 Å². The minimum Gasteiger partial charge on any atom is -0.508 e. The van der Waals surface area contributed by atoms with Crippen molar-refractivity contribution in [1.29, 1.82) is 0 Å². The molecule has 0 fully saturated rings. The van der Waals surface area contributed by atoms with Crippen molar-refractivity contribution in [1.82, 2.24) is 14.5 Å². The van der Waals surface area contributed by atoms with Crippen LogP contribution in [0.5, 0.6) is 11.5 Å². The van der Waals surface area contributed by atoms with Gasteiger partial charge >= 0.3 is 0 Å². The van der Waals surface area contributed by atoms with Crippen molar-refractivity contribution in [2.75, 3.05) is 0 Å². The lowest BCUT2D eigenvalue weighted by atomic mass is 10.2. The van der Waals surface area contributed by atoms with E-state index in [1.807, 2.05) is 13.0 Å². The van der Waals surface area contributed by atoms with E-state index < -0.39 is 0 Å². The molecule has 132 valence electrons. The maximum Gasteiger partial charge on any atom is 0.254 e. The van der Waals surface area contributed by atoms with E-state index >= 15 is 0 Å². The Balaban J connectivity index is 0.00000117. The second-order valence-electron chi connectivity index (χ2n) is 5.38. The largest absolute Gasteiger partial charge is 0.508 e. The van der Waals surface area contributed by atoms with Crippen LogP contribution in [0.1, 0.15) is 17.1 Å².